The number of unbranched alkanes of at least 4 members (excludes halogenated alkanes) is 15. The zero-order chi connectivity index (χ0) is 16.3. The van der Waals surface area contributed by atoms with Gasteiger partial charge in [0.2, 0.25) is 0 Å². The predicted molar refractivity (Wildman–Crippen MR) is 101 cm³/mol. The van der Waals surface area contributed by atoms with E-state index in [1.807, 2.05) is 0 Å². The second kappa shape index (κ2) is 22.3. The van der Waals surface area contributed by atoms with Crippen LogP contribution < -0.4 is 5.73 Å². The molecule has 0 aromatic rings. The number of hydrogen-bond acceptors (Lipinski definition) is 2. The van der Waals surface area contributed by atoms with Gasteiger partial charge in [-0.3, -0.25) is 0 Å². The predicted octanol–water partition coefficient (Wildman–Crippen LogP) is 5.96. The minimum atomic E-state index is -0.652. The molecule has 1 radical (unpaired) electrons. The Balaban J connectivity index is 0. The average molecular weight is 337 g/mol. The molecule has 0 atom stereocenters. The molecular formula is C19H39NNaO2. The van der Waals surface area contributed by atoms with Crippen LogP contribution in [0, 0.1) is 0 Å². The third-order valence-electron chi connectivity index (χ3n) is 4.24. The smallest absolute Gasteiger partial charge is 0.404 e. The second-order valence-corrected chi connectivity index (χ2v) is 6.47. The van der Waals surface area contributed by atoms with Gasteiger partial charge in [-0.2, -0.15) is 0 Å². The van der Waals surface area contributed by atoms with E-state index in [0.717, 1.165) is 12.8 Å². The number of amides is 1. The molecule has 0 heterocycles. The number of carbonyl (C=O) groups excluding carboxylic acids is 1. The quantitative estimate of drug-likeness (QED) is 0.263. The van der Waals surface area contributed by atoms with Crippen molar-refractivity contribution in [2.24, 2.45) is 5.73 Å². The molecule has 0 aromatic heterocycles. The molecule has 0 saturated heterocycles. The van der Waals surface area contributed by atoms with Crippen LogP contribution in [-0.2, 0) is 4.74 Å². The van der Waals surface area contributed by atoms with Crippen LogP contribution in [-0.4, -0.2) is 42.3 Å². The summed E-state index contributed by atoms with van der Waals surface area (Å²) >= 11 is 0. The Morgan fingerprint density at radius 3 is 1.26 bits per heavy atom. The molecule has 0 spiro atoms. The third kappa shape index (κ3) is 24.6. The van der Waals surface area contributed by atoms with E-state index in [0.29, 0.717) is 6.61 Å². The molecule has 0 rings (SSSR count). The Kier molecular flexibility index (Phi) is 24.7. The van der Waals surface area contributed by atoms with Gasteiger partial charge >= 0.3 is 6.09 Å². The van der Waals surface area contributed by atoms with E-state index in [-0.39, 0.29) is 29.6 Å². The number of rotatable bonds is 17. The maximum Gasteiger partial charge on any atom is 0.404 e. The minimum Gasteiger partial charge on any atom is -0.450 e. The second-order valence-electron chi connectivity index (χ2n) is 6.47. The molecule has 0 fully saturated rings. The van der Waals surface area contributed by atoms with Gasteiger partial charge in [0.25, 0.3) is 0 Å². The zero-order valence-corrected chi connectivity index (χ0v) is 17.9. The van der Waals surface area contributed by atoms with Crippen molar-refractivity contribution in [2.45, 2.75) is 110 Å². The maximum atomic E-state index is 10.4. The first-order chi connectivity index (χ1) is 10.8. The van der Waals surface area contributed by atoms with Gasteiger partial charge in [-0.25, -0.2) is 4.79 Å². The van der Waals surface area contributed by atoms with Crippen LogP contribution in [0.1, 0.15) is 110 Å². The summed E-state index contributed by atoms with van der Waals surface area (Å²) in [7, 11) is 0. The van der Waals surface area contributed by atoms with Gasteiger partial charge in [0, 0.05) is 29.6 Å². The Labute approximate surface area is 166 Å². The fourth-order valence-electron chi connectivity index (χ4n) is 2.82. The fraction of sp³-hybridized carbons (Fsp3) is 0.947. The molecule has 0 aromatic carbocycles. The van der Waals surface area contributed by atoms with Gasteiger partial charge in [0.1, 0.15) is 0 Å². The molecule has 0 aliphatic carbocycles. The third-order valence-corrected chi connectivity index (χ3v) is 4.24. The van der Waals surface area contributed by atoms with E-state index in [2.05, 4.69) is 6.92 Å². The first-order valence-electron chi connectivity index (χ1n) is 9.69. The summed E-state index contributed by atoms with van der Waals surface area (Å²) in [5.41, 5.74) is 4.90. The van der Waals surface area contributed by atoms with E-state index in [1.54, 1.807) is 0 Å². The SMILES string of the molecule is CCCCCCCCCCCCCCCCCCOC(N)=O.[Na]. The van der Waals surface area contributed by atoms with E-state index in [9.17, 15) is 4.79 Å². The molecule has 0 aliphatic rings. The zero-order valence-electron chi connectivity index (χ0n) is 15.9. The molecule has 2 N–H and O–H groups in total. The molecule has 0 unspecified atom stereocenters. The summed E-state index contributed by atoms with van der Waals surface area (Å²) in [6.07, 6.45) is 21.0. The molecule has 133 valence electrons. The Hall–Kier alpha value is 0.270. The molecule has 4 heteroatoms. The van der Waals surface area contributed by atoms with Crippen molar-refractivity contribution in [1.29, 1.82) is 0 Å². The number of ether oxygens (including phenoxy) is 1. The summed E-state index contributed by atoms with van der Waals surface area (Å²) in [5.74, 6) is 0. The van der Waals surface area contributed by atoms with Crippen LogP contribution >= 0.6 is 0 Å². The standard InChI is InChI=1S/C19H39NO2.Na/c1-2-3-4-5-6-7-8-9-10-11-12-13-14-15-16-17-18-22-19(20)21;/h2-18H2,1H3,(H2,20,21);. The van der Waals surface area contributed by atoms with Crippen molar-refractivity contribution >= 4 is 35.7 Å². The molecule has 1 amide bonds. The first kappa shape index (κ1) is 25.5. The summed E-state index contributed by atoms with van der Waals surface area (Å²) in [5, 5.41) is 0. The van der Waals surface area contributed by atoms with Crippen molar-refractivity contribution < 1.29 is 9.53 Å². The summed E-state index contributed by atoms with van der Waals surface area (Å²) in [4.78, 5) is 10.4. The van der Waals surface area contributed by atoms with Gasteiger partial charge in [-0.1, -0.05) is 103 Å². The Morgan fingerprint density at radius 1 is 0.652 bits per heavy atom. The molecule has 0 aliphatic heterocycles. The van der Waals surface area contributed by atoms with Crippen molar-refractivity contribution in [2.75, 3.05) is 6.61 Å². The largest absolute Gasteiger partial charge is 0.450 e. The van der Waals surface area contributed by atoms with Crippen LogP contribution in [0.25, 0.3) is 0 Å². The normalized spacial score (nSPS) is 10.3. The van der Waals surface area contributed by atoms with Crippen LogP contribution in [0.4, 0.5) is 4.79 Å². The van der Waals surface area contributed by atoms with Crippen molar-refractivity contribution in [3.05, 3.63) is 0 Å². The molecule has 0 bridgehead atoms. The maximum absolute atomic E-state index is 10.4. The van der Waals surface area contributed by atoms with Crippen LogP contribution in [0.2, 0.25) is 0 Å². The van der Waals surface area contributed by atoms with Crippen LogP contribution in [0.15, 0.2) is 0 Å². The van der Waals surface area contributed by atoms with Gasteiger partial charge in [-0.05, 0) is 6.42 Å². The van der Waals surface area contributed by atoms with E-state index >= 15 is 0 Å². The number of carbonyl (C=O) groups is 1. The molecule has 3 nitrogen and oxygen atoms in total. The van der Waals surface area contributed by atoms with Crippen molar-refractivity contribution in [3.63, 3.8) is 0 Å². The number of hydrogen-bond donors (Lipinski definition) is 1. The first-order valence-corrected chi connectivity index (χ1v) is 9.69. The van der Waals surface area contributed by atoms with Gasteiger partial charge < -0.3 is 10.5 Å². The Morgan fingerprint density at radius 2 is 0.957 bits per heavy atom. The number of primary amides is 1. The topological polar surface area (TPSA) is 52.3 Å². The van der Waals surface area contributed by atoms with Crippen LogP contribution in [0.3, 0.4) is 0 Å². The van der Waals surface area contributed by atoms with Gasteiger partial charge in [0.15, 0.2) is 0 Å². The molecule has 23 heavy (non-hydrogen) atoms. The van der Waals surface area contributed by atoms with Crippen molar-refractivity contribution in [3.8, 4) is 0 Å². The monoisotopic (exact) mass is 336 g/mol. The Bertz CT molecular complexity index is 237. The average Bonchev–Trinajstić information content (AvgIpc) is 2.50. The fourth-order valence-corrected chi connectivity index (χ4v) is 2.82. The number of nitrogens with two attached hydrogens (primary N) is 1. The van der Waals surface area contributed by atoms with E-state index in [4.69, 9.17) is 10.5 Å². The molecular weight excluding hydrogens is 297 g/mol. The van der Waals surface area contributed by atoms with Gasteiger partial charge in [0.05, 0.1) is 6.61 Å². The summed E-state index contributed by atoms with van der Waals surface area (Å²) in [6, 6.07) is 0. The summed E-state index contributed by atoms with van der Waals surface area (Å²) < 4.78 is 4.70. The van der Waals surface area contributed by atoms with E-state index < -0.39 is 6.09 Å². The van der Waals surface area contributed by atoms with E-state index in [1.165, 1.54) is 89.9 Å². The van der Waals surface area contributed by atoms with Crippen molar-refractivity contribution in [1.82, 2.24) is 0 Å². The summed E-state index contributed by atoms with van der Waals surface area (Å²) in [6.45, 7) is 2.76. The van der Waals surface area contributed by atoms with Gasteiger partial charge in [-0.15, -0.1) is 0 Å². The minimum absolute atomic E-state index is 0. The molecule has 0 saturated carbocycles. The van der Waals surface area contributed by atoms with Crippen LogP contribution in [0.5, 0.6) is 0 Å².